The Morgan fingerprint density at radius 2 is 1.29 bits per heavy atom. The Morgan fingerprint density at radius 3 is 1.54 bits per heavy atom. The Morgan fingerprint density at radius 1 is 0.833 bits per heavy atom. The van der Waals surface area contributed by atoms with E-state index in [1.54, 1.807) is 20.8 Å². The second-order valence-corrected chi connectivity index (χ2v) is 6.64. The van der Waals surface area contributed by atoms with Gasteiger partial charge in [-0.15, -0.1) is 0 Å². The van der Waals surface area contributed by atoms with Crippen molar-refractivity contribution in [3.63, 3.8) is 0 Å². The van der Waals surface area contributed by atoms with Crippen LogP contribution in [0.3, 0.4) is 0 Å². The number of imide groups is 4. The molecule has 0 saturated carbocycles. The molecule has 2 aliphatic heterocycles. The maximum Gasteiger partial charge on any atom is 0.332 e. The van der Waals surface area contributed by atoms with Gasteiger partial charge in [-0.1, -0.05) is 13.8 Å². The monoisotopic (exact) mass is 340 g/mol. The first-order chi connectivity index (χ1) is 10.9. The molecule has 10 heteroatoms. The van der Waals surface area contributed by atoms with Gasteiger partial charge < -0.3 is 0 Å². The van der Waals surface area contributed by atoms with E-state index in [0.29, 0.717) is 0 Å². The SMILES string of the molecule is CC(C)(C)N1C(=O)NC(=O)C1=O.CC(C)CN1C(=O)NC(=O)C1=O. The second kappa shape index (κ2) is 6.77. The number of nitrogens with one attached hydrogen (secondary N) is 2. The van der Waals surface area contributed by atoms with Crippen molar-refractivity contribution in [2.24, 2.45) is 5.92 Å². The Kier molecular flexibility index (Phi) is 5.43. The third-order valence-electron chi connectivity index (χ3n) is 2.94. The minimum absolute atomic E-state index is 0.172. The molecule has 0 aliphatic carbocycles. The number of carbonyl (C=O) groups excluding carboxylic acids is 6. The molecule has 0 bridgehead atoms. The smallest absolute Gasteiger partial charge is 0.269 e. The molecule has 2 saturated heterocycles. The Balaban J connectivity index is 0.000000240. The summed E-state index contributed by atoms with van der Waals surface area (Å²) in [7, 11) is 0. The lowest BCUT2D eigenvalue weighted by atomic mass is 10.1. The lowest BCUT2D eigenvalue weighted by molar-refractivity contribution is -0.142. The second-order valence-electron chi connectivity index (χ2n) is 6.64. The third kappa shape index (κ3) is 4.15. The van der Waals surface area contributed by atoms with Crippen molar-refractivity contribution in [3.8, 4) is 0 Å². The quantitative estimate of drug-likeness (QED) is 0.518. The van der Waals surface area contributed by atoms with Gasteiger partial charge in [-0.25, -0.2) is 9.59 Å². The molecule has 2 N–H and O–H groups in total. The number of rotatable bonds is 2. The van der Waals surface area contributed by atoms with Crippen LogP contribution >= 0.6 is 0 Å². The molecule has 0 radical (unpaired) electrons. The van der Waals surface area contributed by atoms with E-state index in [1.807, 2.05) is 24.5 Å². The van der Waals surface area contributed by atoms with Crippen molar-refractivity contribution >= 4 is 35.7 Å². The highest BCUT2D eigenvalue weighted by molar-refractivity contribution is 6.45. The summed E-state index contributed by atoms with van der Waals surface area (Å²) in [5.41, 5.74) is -0.646. The van der Waals surface area contributed by atoms with Crippen LogP contribution in [0.15, 0.2) is 0 Å². The molecule has 2 fully saturated rings. The Labute approximate surface area is 138 Å². The zero-order valence-corrected chi connectivity index (χ0v) is 14.1. The van der Waals surface area contributed by atoms with Crippen LogP contribution in [0.4, 0.5) is 9.59 Å². The van der Waals surface area contributed by atoms with Crippen molar-refractivity contribution in [1.29, 1.82) is 0 Å². The van der Waals surface area contributed by atoms with Crippen LogP contribution in [-0.4, -0.2) is 57.6 Å². The molecular weight excluding hydrogens is 320 g/mol. The van der Waals surface area contributed by atoms with E-state index in [9.17, 15) is 28.8 Å². The minimum atomic E-state index is -0.852. The van der Waals surface area contributed by atoms with Gasteiger partial charge in [0.15, 0.2) is 0 Å². The highest BCUT2D eigenvalue weighted by Gasteiger charge is 2.43. The van der Waals surface area contributed by atoms with Crippen molar-refractivity contribution in [2.45, 2.75) is 40.2 Å². The van der Waals surface area contributed by atoms with Crippen molar-refractivity contribution in [1.82, 2.24) is 20.4 Å². The third-order valence-corrected chi connectivity index (χ3v) is 2.94. The normalized spacial score (nSPS) is 18.1. The first-order valence-electron chi connectivity index (χ1n) is 7.22. The van der Waals surface area contributed by atoms with Gasteiger partial charge >= 0.3 is 35.7 Å². The Bertz CT molecular complexity index is 619. The predicted octanol–water partition coefficient (Wildman–Crippen LogP) is -0.416. The number of nitrogens with zero attached hydrogens (tertiary/aromatic N) is 2. The highest BCUT2D eigenvalue weighted by Crippen LogP contribution is 2.16. The van der Waals surface area contributed by atoms with Crippen LogP contribution in [0.1, 0.15) is 34.6 Å². The number of hydrogen-bond donors (Lipinski definition) is 2. The number of amides is 8. The molecule has 0 aromatic carbocycles. The maximum atomic E-state index is 11.1. The molecule has 2 rings (SSSR count). The summed E-state index contributed by atoms with van der Waals surface area (Å²) < 4.78 is 0. The standard InChI is InChI=1S/2C7H10N2O3/c1-7(2,3)9-5(11)4(10)8-6(9)12;1-4(2)3-9-6(11)5(10)8-7(9)12/h1-3H3,(H,8,10,12);4H,3H2,1-2H3,(H,8,10,12). The van der Waals surface area contributed by atoms with Crippen molar-refractivity contribution in [2.75, 3.05) is 6.54 Å². The zero-order valence-electron chi connectivity index (χ0n) is 14.1. The van der Waals surface area contributed by atoms with Crippen LogP contribution in [-0.2, 0) is 19.2 Å². The summed E-state index contributed by atoms with van der Waals surface area (Å²) in [4.78, 5) is 67.1. The summed E-state index contributed by atoms with van der Waals surface area (Å²) >= 11 is 0. The van der Waals surface area contributed by atoms with Gasteiger partial charge in [-0.05, 0) is 26.7 Å². The first kappa shape index (κ1) is 19.3. The average molecular weight is 340 g/mol. The number of hydrogen-bond acceptors (Lipinski definition) is 6. The number of carbonyl (C=O) groups is 6. The molecule has 0 atom stereocenters. The molecule has 10 nitrogen and oxygen atoms in total. The van der Waals surface area contributed by atoms with Gasteiger partial charge in [0.1, 0.15) is 0 Å². The average Bonchev–Trinajstić information content (AvgIpc) is 2.80. The van der Waals surface area contributed by atoms with Crippen LogP contribution < -0.4 is 10.6 Å². The molecule has 24 heavy (non-hydrogen) atoms. The van der Waals surface area contributed by atoms with Gasteiger partial charge in [0.25, 0.3) is 0 Å². The van der Waals surface area contributed by atoms with Gasteiger partial charge in [0, 0.05) is 12.1 Å². The topological polar surface area (TPSA) is 133 Å². The van der Waals surface area contributed by atoms with Crippen LogP contribution in [0, 0.1) is 5.92 Å². The van der Waals surface area contributed by atoms with Crippen molar-refractivity contribution < 1.29 is 28.8 Å². The van der Waals surface area contributed by atoms with E-state index in [0.717, 1.165) is 9.80 Å². The largest absolute Gasteiger partial charge is 0.332 e. The summed E-state index contributed by atoms with van der Waals surface area (Å²) in [6.07, 6.45) is 0. The van der Waals surface area contributed by atoms with E-state index in [4.69, 9.17) is 0 Å². The zero-order chi connectivity index (χ0) is 18.8. The summed E-state index contributed by atoms with van der Waals surface area (Å²) in [5, 5.41) is 3.84. The van der Waals surface area contributed by atoms with Crippen LogP contribution in [0.2, 0.25) is 0 Å². The van der Waals surface area contributed by atoms with E-state index in [2.05, 4.69) is 0 Å². The molecule has 0 aromatic heterocycles. The summed E-state index contributed by atoms with van der Waals surface area (Å²) in [5.74, 6) is -3.05. The Hall–Kier alpha value is -2.78. The molecular formula is C14H20N4O6. The van der Waals surface area contributed by atoms with Crippen LogP contribution in [0.5, 0.6) is 0 Å². The van der Waals surface area contributed by atoms with Gasteiger partial charge in [0.05, 0.1) is 0 Å². The minimum Gasteiger partial charge on any atom is -0.269 e. The fourth-order valence-electron chi connectivity index (χ4n) is 1.97. The molecule has 0 spiro atoms. The van der Waals surface area contributed by atoms with E-state index >= 15 is 0 Å². The van der Waals surface area contributed by atoms with Gasteiger partial charge in [-0.3, -0.25) is 39.6 Å². The van der Waals surface area contributed by atoms with E-state index < -0.39 is 41.2 Å². The molecule has 0 unspecified atom stereocenters. The maximum absolute atomic E-state index is 11.1. The molecule has 2 aliphatic rings. The molecule has 132 valence electrons. The first-order valence-corrected chi connectivity index (χ1v) is 7.22. The van der Waals surface area contributed by atoms with Gasteiger partial charge in [0.2, 0.25) is 0 Å². The lowest BCUT2D eigenvalue weighted by Gasteiger charge is -2.27. The van der Waals surface area contributed by atoms with E-state index in [1.165, 1.54) is 0 Å². The lowest BCUT2D eigenvalue weighted by Crippen LogP contribution is -2.45. The number of urea groups is 2. The van der Waals surface area contributed by atoms with Crippen LogP contribution in [0.25, 0.3) is 0 Å². The molecule has 2 heterocycles. The predicted molar refractivity (Wildman–Crippen MR) is 80.2 cm³/mol. The summed E-state index contributed by atoms with van der Waals surface area (Å²) in [6.45, 7) is 9.07. The van der Waals surface area contributed by atoms with Crippen molar-refractivity contribution in [3.05, 3.63) is 0 Å². The molecule has 8 amide bonds. The fraction of sp³-hybridized carbons (Fsp3) is 0.571. The fourth-order valence-corrected chi connectivity index (χ4v) is 1.97. The van der Waals surface area contributed by atoms with E-state index in [-0.39, 0.29) is 12.5 Å². The molecule has 0 aromatic rings. The summed E-state index contributed by atoms with van der Waals surface area (Å²) in [6, 6.07) is -1.25. The van der Waals surface area contributed by atoms with Gasteiger partial charge in [-0.2, -0.15) is 0 Å². The highest BCUT2D eigenvalue weighted by atomic mass is 16.2.